The van der Waals surface area contributed by atoms with Gasteiger partial charge in [0.1, 0.15) is 0 Å². The topological polar surface area (TPSA) is 23.5 Å². The number of likely N-dealkylation sites (N-methyl/N-ethyl adjacent to an activating group) is 1. The summed E-state index contributed by atoms with van der Waals surface area (Å²) in [6.07, 6.45) is -2.46. The van der Waals surface area contributed by atoms with Crippen molar-refractivity contribution in [2.24, 2.45) is 0 Å². The first-order chi connectivity index (χ1) is 6.80. The van der Waals surface area contributed by atoms with Gasteiger partial charge in [-0.15, -0.1) is 0 Å². The molecular formula is C10H18F3NO. The summed E-state index contributed by atoms with van der Waals surface area (Å²) in [5, 5.41) is 9.61. The first kappa shape index (κ1) is 12.8. The highest BCUT2D eigenvalue weighted by atomic mass is 19.4. The van der Waals surface area contributed by atoms with Gasteiger partial charge in [-0.05, 0) is 32.9 Å². The van der Waals surface area contributed by atoms with E-state index in [9.17, 15) is 18.3 Å². The molecule has 1 N–H and O–H groups in total. The standard InChI is InChI=1S/C10H18F3NO/c1-3-14-7-5-4-6-8(14)9(2,15)10(11,12)13/h8,15H,3-7H2,1-2H3. The third-order valence-electron chi connectivity index (χ3n) is 3.24. The minimum absolute atomic E-state index is 0.417. The zero-order valence-electron chi connectivity index (χ0n) is 9.14. The van der Waals surface area contributed by atoms with Gasteiger partial charge >= 0.3 is 6.18 Å². The number of hydrogen-bond donors (Lipinski definition) is 1. The highest BCUT2D eigenvalue weighted by molar-refractivity contribution is 4.96. The van der Waals surface area contributed by atoms with Crippen LogP contribution in [-0.2, 0) is 0 Å². The molecule has 1 heterocycles. The van der Waals surface area contributed by atoms with E-state index in [0.29, 0.717) is 19.5 Å². The Morgan fingerprint density at radius 2 is 1.93 bits per heavy atom. The molecule has 1 fully saturated rings. The van der Waals surface area contributed by atoms with Gasteiger partial charge < -0.3 is 5.11 Å². The molecule has 0 saturated carbocycles. The first-order valence-corrected chi connectivity index (χ1v) is 5.34. The number of piperidine rings is 1. The summed E-state index contributed by atoms with van der Waals surface area (Å²) in [6.45, 7) is 3.90. The Balaban J connectivity index is 2.83. The Kier molecular flexibility index (Phi) is 3.66. The van der Waals surface area contributed by atoms with Crippen LogP contribution in [0.4, 0.5) is 13.2 Å². The van der Waals surface area contributed by atoms with Crippen molar-refractivity contribution >= 4 is 0 Å². The van der Waals surface area contributed by atoms with Crippen LogP contribution in [0.5, 0.6) is 0 Å². The molecule has 1 rings (SSSR count). The second-order valence-corrected chi connectivity index (χ2v) is 4.29. The van der Waals surface area contributed by atoms with Gasteiger partial charge in [-0.1, -0.05) is 13.3 Å². The number of nitrogens with zero attached hydrogens (tertiary/aromatic N) is 1. The number of alkyl halides is 3. The van der Waals surface area contributed by atoms with Crippen LogP contribution in [0, 0.1) is 0 Å². The zero-order valence-corrected chi connectivity index (χ0v) is 9.14. The number of hydrogen-bond acceptors (Lipinski definition) is 2. The molecule has 15 heavy (non-hydrogen) atoms. The van der Waals surface area contributed by atoms with Gasteiger partial charge in [0.25, 0.3) is 0 Å². The lowest BCUT2D eigenvalue weighted by Crippen LogP contribution is -2.60. The molecule has 0 aromatic heterocycles. The van der Waals surface area contributed by atoms with Gasteiger partial charge in [0.05, 0.1) is 0 Å². The summed E-state index contributed by atoms with van der Waals surface area (Å²) in [5.41, 5.74) is -2.59. The van der Waals surface area contributed by atoms with E-state index < -0.39 is 17.8 Å². The molecule has 2 nitrogen and oxygen atoms in total. The van der Waals surface area contributed by atoms with Gasteiger partial charge in [0.2, 0.25) is 0 Å². The second kappa shape index (κ2) is 4.29. The number of aliphatic hydroxyl groups is 1. The summed E-state index contributed by atoms with van der Waals surface area (Å²) < 4.78 is 38.0. The number of halogens is 3. The number of likely N-dealkylation sites (tertiary alicyclic amines) is 1. The van der Waals surface area contributed by atoms with E-state index in [-0.39, 0.29) is 0 Å². The van der Waals surface area contributed by atoms with Crippen LogP contribution in [0.1, 0.15) is 33.1 Å². The molecule has 0 amide bonds. The van der Waals surface area contributed by atoms with E-state index in [1.807, 2.05) is 6.92 Å². The molecule has 2 unspecified atom stereocenters. The van der Waals surface area contributed by atoms with E-state index >= 15 is 0 Å². The maximum Gasteiger partial charge on any atom is 0.418 e. The van der Waals surface area contributed by atoms with Crippen LogP contribution in [0.2, 0.25) is 0 Å². The lowest BCUT2D eigenvalue weighted by atomic mass is 9.87. The molecule has 2 atom stereocenters. The molecule has 1 saturated heterocycles. The summed E-state index contributed by atoms with van der Waals surface area (Å²) in [7, 11) is 0. The normalized spacial score (nSPS) is 28.8. The largest absolute Gasteiger partial charge is 0.418 e. The van der Waals surface area contributed by atoms with Gasteiger partial charge in [0.15, 0.2) is 5.60 Å². The zero-order chi connectivity index (χ0) is 11.7. The van der Waals surface area contributed by atoms with Crippen LogP contribution >= 0.6 is 0 Å². The average Bonchev–Trinajstić information content (AvgIpc) is 2.16. The van der Waals surface area contributed by atoms with Gasteiger partial charge in [0, 0.05) is 6.04 Å². The van der Waals surface area contributed by atoms with Crippen LogP contribution in [-0.4, -0.2) is 40.9 Å². The van der Waals surface area contributed by atoms with Crippen molar-refractivity contribution in [2.45, 2.75) is 50.9 Å². The Labute approximate surface area is 88.1 Å². The van der Waals surface area contributed by atoms with E-state index in [4.69, 9.17) is 0 Å². The second-order valence-electron chi connectivity index (χ2n) is 4.29. The fourth-order valence-corrected chi connectivity index (χ4v) is 2.19. The molecule has 1 aliphatic rings. The van der Waals surface area contributed by atoms with Crippen molar-refractivity contribution in [1.82, 2.24) is 4.90 Å². The third-order valence-corrected chi connectivity index (χ3v) is 3.24. The van der Waals surface area contributed by atoms with Crippen molar-refractivity contribution < 1.29 is 18.3 Å². The average molecular weight is 225 g/mol. The van der Waals surface area contributed by atoms with Crippen LogP contribution in [0.15, 0.2) is 0 Å². The maximum atomic E-state index is 12.7. The maximum absolute atomic E-state index is 12.7. The molecule has 90 valence electrons. The minimum atomic E-state index is -4.55. The summed E-state index contributed by atoms with van der Waals surface area (Å²) in [5.74, 6) is 0. The molecular weight excluding hydrogens is 207 g/mol. The SMILES string of the molecule is CCN1CCCCC1C(C)(O)C(F)(F)F. The fraction of sp³-hybridized carbons (Fsp3) is 1.00. The van der Waals surface area contributed by atoms with Crippen molar-refractivity contribution in [1.29, 1.82) is 0 Å². The molecule has 0 aliphatic carbocycles. The molecule has 0 aromatic rings. The molecule has 0 bridgehead atoms. The fourth-order valence-electron chi connectivity index (χ4n) is 2.19. The van der Waals surface area contributed by atoms with E-state index in [1.54, 1.807) is 4.90 Å². The lowest BCUT2D eigenvalue weighted by molar-refractivity contribution is -0.276. The highest BCUT2D eigenvalue weighted by Crippen LogP contribution is 2.38. The predicted molar refractivity (Wildman–Crippen MR) is 51.6 cm³/mol. The summed E-state index contributed by atoms with van der Waals surface area (Å²) in [4.78, 5) is 1.72. The first-order valence-electron chi connectivity index (χ1n) is 5.34. The number of rotatable bonds is 2. The van der Waals surface area contributed by atoms with Gasteiger partial charge in [-0.2, -0.15) is 13.2 Å². The van der Waals surface area contributed by atoms with Crippen LogP contribution in [0.3, 0.4) is 0 Å². The van der Waals surface area contributed by atoms with Crippen LogP contribution in [0.25, 0.3) is 0 Å². The van der Waals surface area contributed by atoms with Gasteiger partial charge in [-0.25, -0.2) is 0 Å². The monoisotopic (exact) mass is 225 g/mol. The van der Waals surface area contributed by atoms with Crippen molar-refractivity contribution in [3.63, 3.8) is 0 Å². The molecule has 0 radical (unpaired) electrons. The Bertz CT molecular complexity index is 215. The smallest absolute Gasteiger partial charge is 0.379 e. The van der Waals surface area contributed by atoms with E-state index in [0.717, 1.165) is 19.8 Å². The Morgan fingerprint density at radius 3 is 2.40 bits per heavy atom. The Hall–Kier alpha value is -0.290. The van der Waals surface area contributed by atoms with Crippen molar-refractivity contribution in [3.8, 4) is 0 Å². The minimum Gasteiger partial charge on any atom is -0.379 e. The quantitative estimate of drug-likeness (QED) is 0.778. The van der Waals surface area contributed by atoms with Crippen molar-refractivity contribution in [3.05, 3.63) is 0 Å². The van der Waals surface area contributed by atoms with E-state index in [2.05, 4.69) is 0 Å². The third kappa shape index (κ3) is 2.45. The lowest BCUT2D eigenvalue weighted by Gasteiger charge is -2.44. The van der Waals surface area contributed by atoms with Crippen molar-refractivity contribution in [2.75, 3.05) is 13.1 Å². The van der Waals surface area contributed by atoms with E-state index in [1.165, 1.54) is 0 Å². The molecule has 0 spiro atoms. The predicted octanol–water partition coefficient (Wildman–Crippen LogP) is 2.17. The van der Waals surface area contributed by atoms with Gasteiger partial charge in [-0.3, -0.25) is 4.90 Å². The molecule has 1 aliphatic heterocycles. The molecule has 5 heteroatoms. The Morgan fingerprint density at radius 1 is 1.33 bits per heavy atom. The summed E-state index contributed by atoms with van der Waals surface area (Å²) >= 11 is 0. The van der Waals surface area contributed by atoms with Crippen LogP contribution < -0.4 is 0 Å². The highest BCUT2D eigenvalue weighted by Gasteiger charge is 2.56. The molecule has 0 aromatic carbocycles. The summed E-state index contributed by atoms with van der Waals surface area (Å²) in [6, 6.07) is -0.795.